The molecule has 0 aliphatic carbocycles. The van der Waals surface area contributed by atoms with E-state index in [1.165, 1.54) is 11.1 Å². The van der Waals surface area contributed by atoms with Crippen molar-refractivity contribution in [1.82, 2.24) is 30.0 Å². The normalized spacial score (nSPS) is 18.3. The lowest BCUT2D eigenvalue weighted by Crippen LogP contribution is -2.38. The van der Waals surface area contributed by atoms with E-state index in [0.29, 0.717) is 43.3 Å². The summed E-state index contributed by atoms with van der Waals surface area (Å²) in [5, 5.41) is 12.1. The third kappa shape index (κ3) is 3.83. The van der Waals surface area contributed by atoms with Crippen LogP contribution in [-0.4, -0.2) is 60.9 Å². The molecule has 160 valence electrons. The Balaban J connectivity index is 1.25. The molecule has 0 radical (unpaired) electrons. The van der Waals surface area contributed by atoms with Crippen molar-refractivity contribution in [3.8, 4) is 0 Å². The van der Waals surface area contributed by atoms with Gasteiger partial charge in [0.05, 0.1) is 18.8 Å². The van der Waals surface area contributed by atoms with Crippen molar-refractivity contribution in [1.29, 1.82) is 0 Å². The minimum absolute atomic E-state index is 0.0176. The van der Waals surface area contributed by atoms with Gasteiger partial charge in [-0.15, -0.1) is 5.10 Å². The summed E-state index contributed by atoms with van der Waals surface area (Å²) in [4.78, 5) is 29.3. The fraction of sp³-hybridized carbons (Fsp3) is 0.409. The van der Waals surface area contributed by atoms with Crippen molar-refractivity contribution in [2.75, 3.05) is 13.1 Å². The second kappa shape index (κ2) is 7.98. The lowest BCUT2D eigenvalue weighted by Gasteiger charge is -2.28. The van der Waals surface area contributed by atoms with Gasteiger partial charge in [0.1, 0.15) is 5.76 Å². The summed E-state index contributed by atoms with van der Waals surface area (Å²) < 4.78 is 6.70. The summed E-state index contributed by atoms with van der Waals surface area (Å²) in [6, 6.07) is 9.84. The molecule has 2 aliphatic heterocycles. The molecule has 0 N–H and O–H groups in total. The number of hydrogen-bond acceptors (Lipinski definition) is 6. The van der Waals surface area contributed by atoms with Gasteiger partial charge >= 0.3 is 0 Å². The van der Waals surface area contributed by atoms with Crippen molar-refractivity contribution < 1.29 is 14.1 Å². The van der Waals surface area contributed by atoms with E-state index in [2.05, 4.69) is 27.6 Å². The van der Waals surface area contributed by atoms with Gasteiger partial charge in [-0.05, 0) is 37.3 Å². The third-order valence-electron chi connectivity index (χ3n) is 6.06. The molecule has 2 aromatic heterocycles. The summed E-state index contributed by atoms with van der Waals surface area (Å²) in [5.41, 5.74) is 3.13. The average molecular weight is 420 g/mol. The summed E-state index contributed by atoms with van der Waals surface area (Å²) in [6.07, 6.45) is 4.32. The predicted molar refractivity (Wildman–Crippen MR) is 110 cm³/mol. The van der Waals surface area contributed by atoms with Gasteiger partial charge in [0.25, 0.3) is 11.8 Å². The molecular formula is C22H24N6O3. The van der Waals surface area contributed by atoms with Crippen LogP contribution in [0.1, 0.15) is 50.7 Å². The van der Waals surface area contributed by atoms with E-state index < -0.39 is 0 Å². The molecule has 9 nitrogen and oxygen atoms in total. The van der Waals surface area contributed by atoms with Crippen LogP contribution in [0, 0.1) is 6.92 Å². The zero-order valence-electron chi connectivity index (χ0n) is 17.4. The average Bonchev–Trinajstić information content (AvgIpc) is 3.54. The van der Waals surface area contributed by atoms with Gasteiger partial charge in [0.15, 0.2) is 11.4 Å². The quantitative estimate of drug-likeness (QED) is 0.641. The first kappa shape index (κ1) is 19.5. The molecule has 0 bridgehead atoms. The second-order valence-corrected chi connectivity index (χ2v) is 8.19. The zero-order valence-corrected chi connectivity index (χ0v) is 17.4. The van der Waals surface area contributed by atoms with E-state index in [0.717, 1.165) is 19.3 Å². The smallest absolute Gasteiger partial charge is 0.276 e. The molecule has 2 amide bonds. The highest BCUT2D eigenvalue weighted by Gasteiger charge is 2.32. The maximum atomic E-state index is 12.9. The molecule has 1 unspecified atom stereocenters. The Morgan fingerprint density at radius 2 is 1.97 bits per heavy atom. The highest BCUT2D eigenvalue weighted by Crippen LogP contribution is 2.22. The minimum Gasteiger partial charge on any atom is -0.361 e. The molecule has 5 rings (SSSR count). The highest BCUT2D eigenvalue weighted by atomic mass is 16.5. The number of nitrogens with zero attached hydrogens (tertiary/aromatic N) is 6. The van der Waals surface area contributed by atoms with Gasteiger partial charge in [-0.2, -0.15) is 0 Å². The molecular weight excluding hydrogens is 396 g/mol. The van der Waals surface area contributed by atoms with E-state index >= 15 is 0 Å². The van der Waals surface area contributed by atoms with Gasteiger partial charge < -0.3 is 14.3 Å². The number of aryl methyl sites for hydroxylation is 1. The molecule has 4 heterocycles. The number of hydrogen-bond donors (Lipinski definition) is 0. The topological polar surface area (TPSA) is 97.4 Å². The molecule has 1 saturated heterocycles. The summed E-state index contributed by atoms with van der Waals surface area (Å²) in [6.45, 7) is 4.18. The van der Waals surface area contributed by atoms with Crippen LogP contribution in [0.5, 0.6) is 0 Å². The lowest BCUT2D eigenvalue weighted by molar-refractivity contribution is 0.0706. The van der Waals surface area contributed by atoms with E-state index in [1.54, 1.807) is 23.9 Å². The first-order chi connectivity index (χ1) is 15.1. The Bertz CT molecular complexity index is 1120. The van der Waals surface area contributed by atoms with Crippen molar-refractivity contribution in [3.05, 3.63) is 64.8 Å². The van der Waals surface area contributed by atoms with Gasteiger partial charge in [-0.3, -0.25) is 9.59 Å². The minimum atomic E-state index is -0.136. The van der Waals surface area contributed by atoms with E-state index in [9.17, 15) is 9.59 Å². The Morgan fingerprint density at radius 3 is 2.77 bits per heavy atom. The number of rotatable bonds is 4. The number of carbonyl (C=O) groups is 2. The van der Waals surface area contributed by atoms with Gasteiger partial charge in [-0.1, -0.05) is 34.6 Å². The molecule has 3 aromatic rings. The van der Waals surface area contributed by atoms with Gasteiger partial charge in [0.2, 0.25) is 0 Å². The lowest BCUT2D eigenvalue weighted by atomic mass is 10.00. The van der Waals surface area contributed by atoms with E-state index in [1.807, 2.05) is 21.9 Å². The Kier molecular flexibility index (Phi) is 5.01. The standard InChI is InChI=1S/C22H24N6O3/c1-15-11-19(24-31-15)22(30)28-9-4-7-18(28)13-27-14-20(23-25-27)21(29)26-10-8-16-5-2-3-6-17(16)12-26/h2-3,5-6,11,14,18H,4,7-10,12-13H2,1H3. The summed E-state index contributed by atoms with van der Waals surface area (Å²) >= 11 is 0. The fourth-order valence-corrected chi connectivity index (χ4v) is 4.44. The zero-order chi connectivity index (χ0) is 21.4. The summed E-state index contributed by atoms with van der Waals surface area (Å²) in [5.74, 6) is 0.361. The number of aromatic nitrogens is 4. The molecule has 9 heteroatoms. The molecule has 1 fully saturated rings. The van der Waals surface area contributed by atoms with E-state index in [-0.39, 0.29) is 17.9 Å². The maximum Gasteiger partial charge on any atom is 0.276 e. The molecule has 0 saturated carbocycles. The van der Waals surface area contributed by atoms with Crippen LogP contribution in [0.2, 0.25) is 0 Å². The number of fused-ring (bicyclic) bond motifs is 1. The second-order valence-electron chi connectivity index (χ2n) is 8.19. The van der Waals surface area contributed by atoms with Crippen LogP contribution in [0.3, 0.4) is 0 Å². The number of benzene rings is 1. The maximum absolute atomic E-state index is 12.9. The SMILES string of the molecule is Cc1cc(C(=O)N2CCCC2Cn2cc(C(=O)N3CCc4ccccc4C3)nn2)no1. The molecule has 31 heavy (non-hydrogen) atoms. The molecule has 2 aliphatic rings. The van der Waals surface area contributed by atoms with Crippen LogP contribution in [-0.2, 0) is 19.5 Å². The Morgan fingerprint density at radius 1 is 1.13 bits per heavy atom. The number of likely N-dealkylation sites (tertiary alicyclic amines) is 1. The summed E-state index contributed by atoms with van der Waals surface area (Å²) in [7, 11) is 0. The first-order valence-corrected chi connectivity index (χ1v) is 10.6. The van der Waals surface area contributed by atoms with Crippen molar-refractivity contribution in [2.45, 2.75) is 45.3 Å². The Hall–Kier alpha value is -3.49. The van der Waals surface area contributed by atoms with Crippen LogP contribution < -0.4 is 0 Å². The molecule has 1 atom stereocenters. The van der Waals surface area contributed by atoms with Gasteiger partial charge in [0, 0.05) is 25.7 Å². The van der Waals surface area contributed by atoms with Crippen LogP contribution in [0.25, 0.3) is 0 Å². The van der Waals surface area contributed by atoms with Crippen molar-refractivity contribution in [2.24, 2.45) is 0 Å². The molecule has 1 aromatic carbocycles. The van der Waals surface area contributed by atoms with Crippen LogP contribution >= 0.6 is 0 Å². The number of carbonyl (C=O) groups excluding carboxylic acids is 2. The number of amides is 2. The van der Waals surface area contributed by atoms with Crippen LogP contribution in [0.4, 0.5) is 0 Å². The first-order valence-electron chi connectivity index (χ1n) is 10.6. The largest absolute Gasteiger partial charge is 0.361 e. The fourth-order valence-electron chi connectivity index (χ4n) is 4.44. The van der Waals surface area contributed by atoms with Crippen LogP contribution in [0.15, 0.2) is 41.1 Å². The Labute approximate surface area is 179 Å². The third-order valence-corrected chi connectivity index (χ3v) is 6.06. The van der Waals surface area contributed by atoms with Crippen molar-refractivity contribution in [3.63, 3.8) is 0 Å². The molecule has 0 spiro atoms. The predicted octanol–water partition coefficient (Wildman–Crippen LogP) is 2.08. The monoisotopic (exact) mass is 420 g/mol. The van der Waals surface area contributed by atoms with Gasteiger partial charge in [-0.25, -0.2) is 4.68 Å². The van der Waals surface area contributed by atoms with Crippen molar-refractivity contribution >= 4 is 11.8 Å². The van der Waals surface area contributed by atoms with E-state index in [4.69, 9.17) is 4.52 Å². The highest BCUT2D eigenvalue weighted by molar-refractivity contribution is 5.93.